The van der Waals surface area contributed by atoms with Crippen molar-refractivity contribution in [2.24, 2.45) is 0 Å². The number of piperazine rings is 2. The Morgan fingerprint density at radius 1 is 0.571 bits per heavy atom. The van der Waals surface area contributed by atoms with E-state index in [0.717, 1.165) is 139 Å². The molecule has 0 unspecified atom stereocenters. The van der Waals surface area contributed by atoms with Gasteiger partial charge in [0.25, 0.3) is 0 Å². The molecule has 0 saturated carbocycles. The van der Waals surface area contributed by atoms with Crippen LogP contribution in [0.3, 0.4) is 0 Å². The third-order valence-electron chi connectivity index (χ3n) is 10.4. The summed E-state index contributed by atoms with van der Waals surface area (Å²) in [7, 11) is 1.74. The fourth-order valence-electron chi connectivity index (χ4n) is 7.28. The van der Waals surface area contributed by atoms with E-state index in [2.05, 4.69) is 41.7 Å². The van der Waals surface area contributed by atoms with Crippen molar-refractivity contribution < 1.29 is 14.2 Å². The minimum atomic E-state index is 0.619. The van der Waals surface area contributed by atoms with E-state index < -0.39 is 0 Å². The molecular formula is C43H52Cl2N8O3. The second kappa shape index (κ2) is 20.0. The molecule has 296 valence electrons. The first-order valence-corrected chi connectivity index (χ1v) is 20.4. The van der Waals surface area contributed by atoms with Gasteiger partial charge in [-0.25, -0.2) is 9.97 Å². The van der Waals surface area contributed by atoms with Crippen LogP contribution in [0.15, 0.2) is 104 Å². The number of hydrogen-bond donors (Lipinski definition) is 0. The van der Waals surface area contributed by atoms with Crippen molar-refractivity contribution in [3.8, 4) is 17.2 Å². The molecule has 0 spiro atoms. The van der Waals surface area contributed by atoms with Crippen molar-refractivity contribution in [3.05, 3.63) is 114 Å². The normalized spacial score (nSPS) is 15.2. The Morgan fingerprint density at radius 3 is 1.64 bits per heavy atom. The largest absolute Gasteiger partial charge is 0.495 e. The highest BCUT2D eigenvalue weighted by Crippen LogP contribution is 2.33. The topological polar surface area (TPSA) is 75.2 Å². The summed E-state index contributed by atoms with van der Waals surface area (Å²) in [4.78, 5) is 18.3. The first kappa shape index (κ1) is 39.6. The van der Waals surface area contributed by atoms with Gasteiger partial charge in [0.2, 0.25) is 0 Å². The lowest BCUT2D eigenvalue weighted by molar-refractivity contribution is 0.238. The van der Waals surface area contributed by atoms with Crippen LogP contribution in [0.4, 0.5) is 11.4 Å². The van der Waals surface area contributed by atoms with Crippen molar-refractivity contribution in [1.82, 2.24) is 28.6 Å². The van der Waals surface area contributed by atoms with Crippen LogP contribution in [0.5, 0.6) is 17.2 Å². The van der Waals surface area contributed by atoms with E-state index in [1.807, 2.05) is 88.2 Å². The predicted octanol–water partition coefficient (Wildman–Crippen LogP) is 7.95. The van der Waals surface area contributed by atoms with Gasteiger partial charge in [0, 0.05) is 77.1 Å². The Kier molecular flexibility index (Phi) is 14.1. The van der Waals surface area contributed by atoms with Gasteiger partial charge in [0.1, 0.15) is 28.5 Å². The molecule has 4 aromatic heterocycles. The number of benzene rings is 2. The van der Waals surface area contributed by atoms with E-state index in [0.29, 0.717) is 10.0 Å². The highest BCUT2D eigenvalue weighted by Gasteiger charge is 2.20. The van der Waals surface area contributed by atoms with Crippen LogP contribution in [-0.4, -0.2) is 114 Å². The molecule has 2 saturated heterocycles. The number of halogens is 2. The van der Waals surface area contributed by atoms with Crippen LogP contribution < -0.4 is 24.0 Å². The number of rotatable bonds is 15. The monoisotopic (exact) mass is 798 g/mol. The van der Waals surface area contributed by atoms with Gasteiger partial charge in [-0.1, -0.05) is 41.4 Å². The Balaban J connectivity index is 0.000000172. The third kappa shape index (κ3) is 10.6. The predicted molar refractivity (Wildman–Crippen MR) is 227 cm³/mol. The number of hydrogen-bond acceptors (Lipinski definition) is 9. The summed E-state index contributed by atoms with van der Waals surface area (Å²) >= 11 is 12.5. The number of aromatic nitrogens is 4. The van der Waals surface area contributed by atoms with Crippen molar-refractivity contribution in [1.29, 1.82) is 0 Å². The summed E-state index contributed by atoms with van der Waals surface area (Å²) in [6.45, 7) is 12.0. The molecule has 56 heavy (non-hydrogen) atoms. The van der Waals surface area contributed by atoms with E-state index in [1.54, 1.807) is 19.5 Å². The van der Waals surface area contributed by atoms with Gasteiger partial charge < -0.3 is 32.8 Å². The second-order valence-electron chi connectivity index (χ2n) is 14.1. The van der Waals surface area contributed by atoms with E-state index >= 15 is 0 Å². The van der Waals surface area contributed by atoms with Gasteiger partial charge >= 0.3 is 0 Å². The van der Waals surface area contributed by atoms with Crippen LogP contribution in [0.1, 0.15) is 25.7 Å². The van der Waals surface area contributed by atoms with Crippen molar-refractivity contribution in [2.75, 3.05) is 95.6 Å². The zero-order chi connectivity index (χ0) is 38.5. The van der Waals surface area contributed by atoms with Gasteiger partial charge in [-0.05, 0) is 87.3 Å². The second-order valence-corrected chi connectivity index (χ2v) is 14.9. The Morgan fingerprint density at radius 2 is 1.09 bits per heavy atom. The van der Waals surface area contributed by atoms with Gasteiger partial charge in [-0.2, -0.15) is 0 Å². The molecule has 0 atom stereocenters. The average Bonchev–Trinajstić information content (AvgIpc) is 3.92. The molecule has 8 rings (SSSR count). The molecule has 13 heteroatoms. The van der Waals surface area contributed by atoms with E-state index in [4.69, 9.17) is 37.4 Å². The molecule has 6 heterocycles. The first-order chi connectivity index (χ1) is 27.5. The van der Waals surface area contributed by atoms with Gasteiger partial charge in [0.15, 0.2) is 0 Å². The average molecular weight is 800 g/mol. The SMILES string of the molecule is COc1ccccc1N1CCN(CCCCOc2ccc3nccn3c2)CC1.Clc1cccc(N2CCN(CCCCOc3ccc4nccn4c3)CC2)c1Cl. The maximum Gasteiger partial charge on any atom is 0.142 e. The summed E-state index contributed by atoms with van der Waals surface area (Å²) < 4.78 is 21.2. The lowest BCUT2D eigenvalue weighted by atomic mass is 10.2. The number of pyridine rings is 2. The van der Waals surface area contributed by atoms with Crippen LogP contribution in [0.2, 0.25) is 10.0 Å². The quantitative estimate of drug-likeness (QED) is 0.0964. The molecule has 11 nitrogen and oxygen atoms in total. The summed E-state index contributed by atoms with van der Waals surface area (Å²) in [6, 6.07) is 22.0. The van der Waals surface area contributed by atoms with Gasteiger partial charge in [-0.15, -0.1) is 0 Å². The molecule has 2 aromatic carbocycles. The fraction of sp³-hybridized carbons (Fsp3) is 0.395. The molecule has 0 amide bonds. The smallest absolute Gasteiger partial charge is 0.142 e. The molecule has 0 radical (unpaired) electrons. The standard InChI is InChI=1S/C22H28N4O2.C21H24Cl2N4O/c1-27-21-7-3-2-6-20(21)25-15-13-24(14-16-25)11-4-5-17-28-19-8-9-22-23-10-12-26(22)18-19;22-18-4-3-5-19(21(18)23)26-13-11-25(12-14-26)9-1-2-15-28-17-6-7-20-24-8-10-27(20)16-17/h2-3,6-10,12,18H,4-5,11,13-17H2,1H3;3-8,10,16H,1-2,9,11-15H2. The van der Waals surface area contributed by atoms with Gasteiger partial charge in [-0.3, -0.25) is 9.80 Å². The Bertz CT molecular complexity index is 2110. The highest BCUT2D eigenvalue weighted by atomic mass is 35.5. The zero-order valence-corrected chi connectivity index (χ0v) is 33.7. The number of ether oxygens (including phenoxy) is 3. The maximum absolute atomic E-state index is 6.35. The molecular weight excluding hydrogens is 747 g/mol. The summed E-state index contributed by atoms with van der Waals surface area (Å²) in [5.74, 6) is 2.75. The van der Waals surface area contributed by atoms with Crippen LogP contribution in [0, 0.1) is 0 Å². The third-order valence-corrected chi connectivity index (χ3v) is 11.2. The Labute approximate surface area is 339 Å². The highest BCUT2D eigenvalue weighted by molar-refractivity contribution is 6.43. The number of para-hydroxylation sites is 2. The minimum absolute atomic E-state index is 0.619. The van der Waals surface area contributed by atoms with Crippen LogP contribution in [-0.2, 0) is 0 Å². The summed E-state index contributed by atoms with van der Waals surface area (Å²) in [5.41, 5.74) is 4.12. The van der Waals surface area contributed by atoms with Crippen molar-refractivity contribution >= 4 is 45.9 Å². The maximum atomic E-state index is 6.35. The number of methoxy groups -OCH3 is 1. The minimum Gasteiger partial charge on any atom is -0.495 e. The number of fused-ring (bicyclic) bond motifs is 2. The van der Waals surface area contributed by atoms with E-state index in [-0.39, 0.29) is 0 Å². The summed E-state index contributed by atoms with van der Waals surface area (Å²) in [6.07, 6.45) is 15.8. The van der Waals surface area contributed by atoms with E-state index in [9.17, 15) is 0 Å². The first-order valence-electron chi connectivity index (χ1n) is 19.7. The fourth-order valence-corrected chi connectivity index (χ4v) is 7.69. The Hall–Kier alpha value is -4.68. The van der Waals surface area contributed by atoms with Gasteiger partial charge in [0.05, 0.1) is 54.1 Å². The number of anilines is 2. The molecule has 6 aromatic rings. The number of nitrogens with zero attached hydrogens (tertiary/aromatic N) is 8. The lowest BCUT2D eigenvalue weighted by Crippen LogP contribution is -2.46. The van der Waals surface area contributed by atoms with Crippen LogP contribution in [0.25, 0.3) is 11.3 Å². The lowest BCUT2D eigenvalue weighted by Gasteiger charge is -2.36. The molecule has 0 aliphatic carbocycles. The number of unbranched alkanes of at least 4 members (excludes halogenated alkanes) is 2. The molecule has 2 fully saturated rings. The molecule has 2 aliphatic rings. The van der Waals surface area contributed by atoms with Crippen molar-refractivity contribution in [2.45, 2.75) is 25.7 Å². The summed E-state index contributed by atoms with van der Waals surface area (Å²) in [5, 5.41) is 1.28. The van der Waals surface area contributed by atoms with E-state index in [1.165, 1.54) is 5.69 Å². The molecule has 0 N–H and O–H groups in total. The molecule has 2 aliphatic heterocycles. The van der Waals surface area contributed by atoms with Crippen LogP contribution >= 0.6 is 23.2 Å². The molecule has 0 bridgehead atoms. The zero-order valence-electron chi connectivity index (χ0n) is 32.2. The van der Waals surface area contributed by atoms with Crippen molar-refractivity contribution in [3.63, 3.8) is 0 Å². The number of imidazole rings is 2.